The zero-order chi connectivity index (χ0) is 10.6. The minimum Gasteiger partial charge on any atom is -0.372 e. The molecule has 0 amide bonds. The van der Waals surface area contributed by atoms with Crippen LogP contribution in [0.5, 0.6) is 0 Å². The normalized spacial score (nSPS) is 9.57. The maximum atomic E-state index is 8.98. The van der Waals surface area contributed by atoms with Crippen LogP contribution in [0.15, 0.2) is 22.7 Å². The van der Waals surface area contributed by atoms with E-state index in [4.69, 9.17) is 11.0 Å². The first-order valence-electron chi connectivity index (χ1n) is 4.30. The Morgan fingerprint density at radius 1 is 1.57 bits per heavy atom. The van der Waals surface area contributed by atoms with Gasteiger partial charge in [0.05, 0.1) is 11.3 Å². The van der Waals surface area contributed by atoms with Crippen LogP contribution in [-0.2, 0) is 0 Å². The van der Waals surface area contributed by atoms with Gasteiger partial charge in [-0.05, 0) is 28.1 Å². The predicted octanol–water partition coefficient (Wildman–Crippen LogP) is 1.72. The number of halogens is 1. The standard InChI is InChI=1S/C10H12BrN3/c1-14(6-5-12)10-4-2-3-9(11)8(10)7-13/h2-4H,5-6,12H2,1H3. The fourth-order valence-corrected chi connectivity index (χ4v) is 1.70. The van der Waals surface area contributed by atoms with Gasteiger partial charge in [-0.25, -0.2) is 0 Å². The number of hydrogen-bond acceptors (Lipinski definition) is 3. The van der Waals surface area contributed by atoms with Crippen molar-refractivity contribution in [2.24, 2.45) is 5.73 Å². The van der Waals surface area contributed by atoms with Crippen LogP contribution in [-0.4, -0.2) is 20.1 Å². The maximum absolute atomic E-state index is 8.98. The maximum Gasteiger partial charge on any atom is 0.103 e. The number of hydrogen-bond donors (Lipinski definition) is 1. The molecule has 0 saturated carbocycles. The second-order valence-electron chi connectivity index (χ2n) is 2.96. The molecule has 0 heterocycles. The lowest BCUT2D eigenvalue weighted by Gasteiger charge is -2.19. The average molecular weight is 254 g/mol. The fourth-order valence-electron chi connectivity index (χ4n) is 1.26. The molecule has 1 aromatic rings. The second kappa shape index (κ2) is 4.99. The van der Waals surface area contributed by atoms with Gasteiger partial charge in [0.15, 0.2) is 0 Å². The summed E-state index contributed by atoms with van der Waals surface area (Å²) in [4.78, 5) is 1.98. The van der Waals surface area contributed by atoms with E-state index < -0.39 is 0 Å². The van der Waals surface area contributed by atoms with Crippen LogP contribution in [0.2, 0.25) is 0 Å². The molecule has 0 bridgehead atoms. The Morgan fingerprint density at radius 2 is 2.29 bits per heavy atom. The third-order valence-corrected chi connectivity index (χ3v) is 2.64. The summed E-state index contributed by atoms with van der Waals surface area (Å²) in [6.07, 6.45) is 0. The number of anilines is 1. The molecule has 3 nitrogen and oxygen atoms in total. The fraction of sp³-hybridized carbons (Fsp3) is 0.300. The van der Waals surface area contributed by atoms with Crippen LogP contribution >= 0.6 is 15.9 Å². The summed E-state index contributed by atoms with van der Waals surface area (Å²) in [5, 5.41) is 8.98. The molecular weight excluding hydrogens is 242 g/mol. The molecule has 4 heteroatoms. The van der Waals surface area contributed by atoms with Gasteiger partial charge in [-0.2, -0.15) is 5.26 Å². The number of nitrogens with zero attached hydrogens (tertiary/aromatic N) is 2. The topological polar surface area (TPSA) is 53.0 Å². The molecule has 0 atom stereocenters. The number of benzene rings is 1. The predicted molar refractivity (Wildman–Crippen MR) is 61.2 cm³/mol. The van der Waals surface area contributed by atoms with E-state index in [1.807, 2.05) is 30.1 Å². The van der Waals surface area contributed by atoms with Crippen molar-refractivity contribution >= 4 is 21.6 Å². The highest BCUT2D eigenvalue weighted by Crippen LogP contribution is 2.25. The lowest BCUT2D eigenvalue weighted by atomic mass is 10.2. The molecule has 0 radical (unpaired) electrons. The molecule has 0 aliphatic carbocycles. The van der Waals surface area contributed by atoms with Crippen LogP contribution in [0, 0.1) is 11.3 Å². The van der Waals surface area contributed by atoms with Crippen molar-refractivity contribution in [1.29, 1.82) is 5.26 Å². The van der Waals surface area contributed by atoms with E-state index in [0.717, 1.165) is 16.7 Å². The molecule has 0 aliphatic rings. The van der Waals surface area contributed by atoms with Crippen LogP contribution in [0.1, 0.15) is 5.56 Å². The van der Waals surface area contributed by atoms with Gasteiger partial charge < -0.3 is 10.6 Å². The van der Waals surface area contributed by atoms with Gasteiger partial charge in [-0.15, -0.1) is 0 Å². The average Bonchev–Trinajstić information content (AvgIpc) is 2.17. The molecule has 0 spiro atoms. The van der Waals surface area contributed by atoms with E-state index in [2.05, 4.69) is 22.0 Å². The molecular formula is C10H12BrN3. The zero-order valence-electron chi connectivity index (χ0n) is 8.00. The van der Waals surface area contributed by atoms with Gasteiger partial charge >= 0.3 is 0 Å². The Kier molecular flexibility index (Phi) is 3.93. The van der Waals surface area contributed by atoms with Crippen molar-refractivity contribution in [3.05, 3.63) is 28.2 Å². The number of nitriles is 1. The van der Waals surface area contributed by atoms with Gasteiger partial charge in [-0.1, -0.05) is 6.07 Å². The number of nitrogens with two attached hydrogens (primary N) is 1. The SMILES string of the molecule is CN(CCN)c1cccc(Br)c1C#N. The molecule has 0 saturated heterocycles. The Morgan fingerprint density at radius 3 is 2.86 bits per heavy atom. The zero-order valence-corrected chi connectivity index (χ0v) is 9.58. The summed E-state index contributed by atoms with van der Waals surface area (Å²) < 4.78 is 0.821. The monoisotopic (exact) mass is 253 g/mol. The van der Waals surface area contributed by atoms with Crippen molar-refractivity contribution in [2.75, 3.05) is 25.0 Å². The highest BCUT2D eigenvalue weighted by atomic mass is 79.9. The molecule has 14 heavy (non-hydrogen) atoms. The first-order chi connectivity index (χ1) is 6.70. The highest BCUT2D eigenvalue weighted by Gasteiger charge is 2.08. The quantitative estimate of drug-likeness (QED) is 0.893. The van der Waals surface area contributed by atoms with Crippen molar-refractivity contribution in [2.45, 2.75) is 0 Å². The summed E-state index contributed by atoms with van der Waals surface area (Å²) in [5.41, 5.74) is 7.03. The van der Waals surface area contributed by atoms with Crippen molar-refractivity contribution in [3.63, 3.8) is 0 Å². The Labute approximate surface area is 92.3 Å². The molecule has 1 aromatic carbocycles. The summed E-state index contributed by atoms with van der Waals surface area (Å²) in [6, 6.07) is 7.86. The van der Waals surface area contributed by atoms with Gasteiger partial charge in [0.1, 0.15) is 6.07 Å². The van der Waals surface area contributed by atoms with E-state index in [9.17, 15) is 0 Å². The molecule has 0 unspecified atom stereocenters. The second-order valence-corrected chi connectivity index (χ2v) is 3.81. The lowest BCUT2D eigenvalue weighted by molar-refractivity contribution is 0.884. The van der Waals surface area contributed by atoms with E-state index >= 15 is 0 Å². The summed E-state index contributed by atoms with van der Waals surface area (Å²) in [7, 11) is 1.93. The van der Waals surface area contributed by atoms with E-state index in [-0.39, 0.29) is 0 Å². The van der Waals surface area contributed by atoms with Crippen molar-refractivity contribution in [1.82, 2.24) is 0 Å². The largest absolute Gasteiger partial charge is 0.372 e. The Hall–Kier alpha value is -1.05. The van der Waals surface area contributed by atoms with Crippen LogP contribution in [0.4, 0.5) is 5.69 Å². The molecule has 0 fully saturated rings. The van der Waals surface area contributed by atoms with E-state index in [0.29, 0.717) is 12.1 Å². The number of rotatable bonds is 3. The van der Waals surface area contributed by atoms with Crippen molar-refractivity contribution in [3.8, 4) is 6.07 Å². The molecule has 0 aromatic heterocycles. The third kappa shape index (κ3) is 2.25. The first-order valence-corrected chi connectivity index (χ1v) is 5.09. The Balaban J connectivity index is 3.08. The van der Waals surface area contributed by atoms with Gasteiger partial charge in [0.2, 0.25) is 0 Å². The minimum atomic E-state index is 0.577. The lowest BCUT2D eigenvalue weighted by Crippen LogP contribution is -2.25. The minimum absolute atomic E-state index is 0.577. The van der Waals surface area contributed by atoms with Crippen LogP contribution in [0.25, 0.3) is 0 Å². The van der Waals surface area contributed by atoms with Crippen molar-refractivity contribution < 1.29 is 0 Å². The number of likely N-dealkylation sites (N-methyl/N-ethyl adjacent to an activating group) is 1. The van der Waals surface area contributed by atoms with Crippen LogP contribution in [0.3, 0.4) is 0 Å². The first kappa shape index (κ1) is 11.0. The molecule has 1 rings (SSSR count). The van der Waals surface area contributed by atoms with Gasteiger partial charge in [-0.3, -0.25) is 0 Å². The third-order valence-electron chi connectivity index (χ3n) is 1.98. The van der Waals surface area contributed by atoms with E-state index in [1.54, 1.807) is 0 Å². The van der Waals surface area contributed by atoms with Crippen LogP contribution < -0.4 is 10.6 Å². The smallest absolute Gasteiger partial charge is 0.103 e. The summed E-state index contributed by atoms with van der Waals surface area (Å²) >= 11 is 3.35. The van der Waals surface area contributed by atoms with Gasteiger partial charge in [0, 0.05) is 24.6 Å². The Bertz CT molecular complexity index is 357. The summed E-state index contributed by atoms with van der Waals surface area (Å²) in [5.74, 6) is 0. The van der Waals surface area contributed by atoms with Gasteiger partial charge in [0.25, 0.3) is 0 Å². The van der Waals surface area contributed by atoms with E-state index in [1.165, 1.54) is 0 Å². The highest BCUT2D eigenvalue weighted by molar-refractivity contribution is 9.10. The summed E-state index contributed by atoms with van der Waals surface area (Å²) in [6.45, 7) is 1.32. The molecule has 74 valence electrons. The molecule has 0 aliphatic heterocycles. The molecule has 2 N–H and O–H groups in total.